The minimum absolute atomic E-state index is 0.106. The van der Waals surface area contributed by atoms with Crippen molar-refractivity contribution >= 4 is 51.5 Å². The maximum Gasteiger partial charge on any atom is 0.269 e. The van der Waals surface area contributed by atoms with Crippen LogP contribution in [0.4, 0.5) is 11.4 Å². The SMILES string of the molecule is COc1ccc(N2C(=O)[C@H]3[C@@H](c4cccc([N+](=O)[O-])c4)N([C@@H]4SC(=S)N(C)C4(C)C)O[C@H]3C2=O)cc1. The van der Waals surface area contributed by atoms with Crippen LogP contribution in [-0.2, 0) is 14.4 Å². The molecule has 3 heterocycles. The number of rotatable bonds is 5. The zero-order valence-corrected chi connectivity index (χ0v) is 21.6. The van der Waals surface area contributed by atoms with Gasteiger partial charge in [0.2, 0.25) is 5.91 Å². The second-order valence-electron chi connectivity index (χ2n) is 9.37. The minimum atomic E-state index is -1.07. The molecule has 0 unspecified atom stereocenters. The molecule has 3 aliphatic rings. The van der Waals surface area contributed by atoms with E-state index in [1.54, 1.807) is 41.5 Å². The van der Waals surface area contributed by atoms with Crippen LogP contribution in [-0.4, -0.2) is 62.2 Å². The number of hydrogen-bond donors (Lipinski definition) is 0. The molecule has 5 rings (SSSR count). The van der Waals surface area contributed by atoms with Crippen LogP contribution in [0.25, 0.3) is 0 Å². The van der Waals surface area contributed by atoms with Gasteiger partial charge in [-0.2, -0.15) is 5.06 Å². The molecule has 3 fully saturated rings. The van der Waals surface area contributed by atoms with Crippen molar-refractivity contribution in [3.05, 3.63) is 64.2 Å². The van der Waals surface area contributed by atoms with Crippen molar-refractivity contribution in [2.24, 2.45) is 5.92 Å². The van der Waals surface area contributed by atoms with Gasteiger partial charge in [-0.3, -0.25) is 24.5 Å². The summed E-state index contributed by atoms with van der Waals surface area (Å²) in [4.78, 5) is 47.7. The Hall–Kier alpha value is -3.06. The maximum atomic E-state index is 13.8. The number of amides is 2. The summed E-state index contributed by atoms with van der Waals surface area (Å²) in [5.41, 5.74) is 0.322. The van der Waals surface area contributed by atoms with Crippen LogP contribution in [0, 0.1) is 16.0 Å². The molecule has 2 aromatic carbocycles. The van der Waals surface area contributed by atoms with E-state index in [1.165, 1.54) is 31.0 Å². The third-order valence-corrected chi connectivity index (χ3v) is 9.13. The average molecular weight is 529 g/mol. The number of nitro groups is 1. The Balaban J connectivity index is 1.58. The van der Waals surface area contributed by atoms with Gasteiger partial charge in [0.25, 0.3) is 11.6 Å². The van der Waals surface area contributed by atoms with Crippen LogP contribution in [0.15, 0.2) is 48.5 Å². The summed E-state index contributed by atoms with van der Waals surface area (Å²) in [5, 5.41) is 12.8. The highest BCUT2D eigenvalue weighted by atomic mass is 32.2. The number of nitrogens with zero attached hydrogens (tertiary/aromatic N) is 4. The van der Waals surface area contributed by atoms with Gasteiger partial charge in [-0.15, -0.1) is 0 Å². The molecule has 188 valence electrons. The smallest absolute Gasteiger partial charge is 0.269 e. The van der Waals surface area contributed by atoms with Gasteiger partial charge in [0.05, 0.1) is 35.2 Å². The summed E-state index contributed by atoms with van der Waals surface area (Å²) in [6.45, 7) is 4.00. The van der Waals surface area contributed by atoms with Gasteiger partial charge in [0, 0.05) is 19.2 Å². The summed E-state index contributed by atoms with van der Waals surface area (Å²) in [6, 6.07) is 12.0. The predicted molar refractivity (Wildman–Crippen MR) is 137 cm³/mol. The Bertz CT molecular complexity index is 1270. The molecular formula is C24H24N4O6S2. The monoisotopic (exact) mass is 528 g/mol. The lowest BCUT2D eigenvalue weighted by atomic mass is 9.89. The van der Waals surface area contributed by atoms with Gasteiger partial charge in [0.15, 0.2) is 6.10 Å². The van der Waals surface area contributed by atoms with Crippen molar-refractivity contribution in [3.63, 3.8) is 0 Å². The largest absolute Gasteiger partial charge is 0.497 e. The number of methoxy groups -OCH3 is 1. The third kappa shape index (κ3) is 3.67. The number of imide groups is 1. The number of anilines is 1. The molecule has 3 aliphatic heterocycles. The number of fused-ring (bicyclic) bond motifs is 1. The maximum absolute atomic E-state index is 13.8. The lowest BCUT2D eigenvalue weighted by Gasteiger charge is -2.39. The van der Waals surface area contributed by atoms with Crippen molar-refractivity contribution in [1.29, 1.82) is 0 Å². The van der Waals surface area contributed by atoms with E-state index in [9.17, 15) is 19.7 Å². The van der Waals surface area contributed by atoms with Gasteiger partial charge >= 0.3 is 0 Å². The van der Waals surface area contributed by atoms with Gasteiger partial charge in [-0.25, -0.2) is 4.90 Å². The zero-order chi connectivity index (χ0) is 25.9. The molecule has 0 radical (unpaired) electrons. The Labute approximate surface area is 217 Å². The summed E-state index contributed by atoms with van der Waals surface area (Å²) < 4.78 is 5.84. The quantitative estimate of drug-likeness (QED) is 0.248. The van der Waals surface area contributed by atoms with E-state index in [-0.39, 0.29) is 11.1 Å². The topological polar surface area (TPSA) is 105 Å². The summed E-state index contributed by atoms with van der Waals surface area (Å²) in [7, 11) is 3.42. The number of nitro benzene ring substituents is 1. The lowest BCUT2D eigenvalue weighted by molar-refractivity contribution is -0.385. The summed E-state index contributed by atoms with van der Waals surface area (Å²) in [5.74, 6) is -1.20. The number of carbonyl (C=O) groups is 2. The highest BCUT2D eigenvalue weighted by molar-refractivity contribution is 8.23. The number of ether oxygens (including phenoxy) is 1. The van der Waals surface area contributed by atoms with Crippen molar-refractivity contribution in [3.8, 4) is 5.75 Å². The second kappa shape index (κ2) is 8.80. The van der Waals surface area contributed by atoms with Gasteiger partial charge in [0.1, 0.15) is 15.4 Å². The van der Waals surface area contributed by atoms with E-state index in [0.717, 1.165) is 4.90 Å². The highest BCUT2D eigenvalue weighted by Gasteiger charge is 2.63. The van der Waals surface area contributed by atoms with E-state index >= 15 is 0 Å². The molecule has 3 saturated heterocycles. The normalized spacial score (nSPS) is 27.6. The number of hydrogen-bond acceptors (Lipinski definition) is 9. The standard InChI is InChI=1S/C24H24N4O6S2/c1-24(2)22(36-23(35)25(24)3)27-18(13-6-5-7-15(12-13)28(31)32)17-19(34-27)21(30)26(20(17)29)14-8-10-16(33-4)11-9-14/h5-12,17-19,22H,1-4H3/t17-,18+,19+,22+/m0/s1. The van der Waals surface area contributed by atoms with Gasteiger partial charge in [-0.1, -0.05) is 36.1 Å². The fourth-order valence-corrected chi connectivity index (χ4v) is 6.71. The number of thioether (sulfide) groups is 1. The number of non-ortho nitro benzene ring substituents is 1. The van der Waals surface area contributed by atoms with Crippen LogP contribution in [0.1, 0.15) is 25.5 Å². The first-order valence-electron chi connectivity index (χ1n) is 11.2. The molecule has 36 heavy (non-hydrogen) atoms. The Morgan fingerprint density at radius 3 is 2.42 bits per heavy atom. The van der Waals surface area contributed by atoms with Crippen molar-refractivity contribution in [1.82, 2.24) is 9.96 Å². The van der Waals surface area contributed by atoms with Crippen molar-refractivity contribution in [2.45, 2.75) is 36.9 Å². The molecule has 0 bridgehead atoms. The number of benzene rings is 2. The first-order valence-corrected chi connectivity index (χ1v) is 12.5. The molecule has 2 aromatic rings. The van der Waals surface area contributed by atoms with Gasteiger partial charge < -0.3 is 9.64 Å². The van der Waals surface area contributed by atoms with Crippen LogP contribution in [0.5, 0.6) is 5.75 Å². The molecule has 0 aliphatic carbocycles. The Morgan fingerprint density at radius 2 is 1.83 bits per heavy atom. The van der Waals surface area contributed by atoms with E-state index in [4.69, 9.17) is 21.8 Å². The molecule has 0 aromatic heterocycles. The number of carbonyl (C=O) groups excluding carboxylic acids is 2. The molecule has 0 spiro atoms. The molecule has 12 heteroatoms. The molecular weight excluding hydrogens is 504 g/mol. The molecule has 2 amide bonds. The first-order chi connectivity index (χ1) is 17.1. The van der Waals surface area contributed by atoms with E-state index in [0.29, 0.717) is 21.3 Å². The van der Waals surface area contributed by atoms with Crippen LogP contribution >= 0.6 is 24.0 Å². The summed E-state index contributed by atoms with van der Waals surface area (Å²) >= 11 is 6.93. The summed E-state index contributed by atoms with van der Waals surface area (Å²) in [6.07, 6.45) is -1.07. The first kappa shape index (κ1) is 24.6. The van der Waals surface area contributed by atoms with Crippen molar-refractivity contribution in [2.75, 3.05) is 19.1 Å². The molecule has 10 nitrogen and oxygen atoms in total. The Kier molecular flexibility index (Phi) is 6.02. The lowest BCUT2D eigenvalue weighted by Crippen LogP contribution is -2.51. The fraction of sp³-hybridized carbons (Fsp3) is 0.375. The molecule has 0 N–H and O–H groups in total. The van der Waals surface area contributed by atoms with Crippen LogP contribution in [0.2, 0.25) is 0 Å². The molecule has 0 saturated carbocycles. The van der Waals surface area contributed by atoms with Crippen LogP contribution < -0.4 is 9.64 Å². The molecule has 4 atom stereocenters. The third-order valence-electron chi connectivity index (χ3n) is 7.08. The number of thiocarbonyl (C=S) groups is 1. The number of likely N-dealkylation sites (N-methyl/N-ethyl adjacent to an activating group) is 1. The fourth-order valence-electron chi connectivity index (χ4n) is 4.88. The highest BCUT2D eigenvalue weighted by Crippen LogP contribution is 2.52. The average Bonchev–Trinajstić information content (AvgIpc) is 3.43. The minimum Gasteiger partial charge on any atom is -0.497 e. The Morgan fingerprint density at radius 1 is 1.14 bits per heavy atom. The predicted octanol–water partition coefficient (Wildman–Crippen LogP) is 3.52. The van der Waals surface area contributed by atoms with E-state index in [1.807, 2.05) is 25.8 Å². The zero-order valence-electron chi connectivity index (χ0n) is 20.0. The number of hydroxylamine groups is 2. The van der Waals surface area contributed by atoms with Crippen LogP contribution in [0.3, 0.4) is 0 Å². The van der Waals surface area contributed by atoms with Gasteiger partial charge in [-0.05, 0) is 43.7 Å². The second-order valence-corrected chi connectivity index (χ2v) is 11.1. The van der Waals surface area contributed by atoms with E-state index in [2.05, 4.69) is 0 Å². The van der Waals surface area contributed by atoms with E-state index < -0.39 is 40.3 Å². The van der Waals surface area contributed by atoms with Crippen molar-refractivity contribution < 1.29 is 24.1 Å².